The minimum Gasteiger partial charge on any atom is -0.466 e. The Hall–Kier alpha value is -2.52. The van der Waals surface area contributed by atoms with Crippen molar-refractivity contribution in [1.82, 2.24) is 21.3 Å². The van der Waals surface area contributed by atoms with Crippen molar-refractivity contribution in [3.63, 3.8) is 0 Å². The van der Waals surface area contributed by atoms with Crippen LogP contribution in [0.1, 0.15) is 65.2 Å². The number of hydrogen-bond donors (Lipinski definition) is 4. The van der Waals surface area contributed by atoms with Gasteiger partial charge in [0.05, 0.1) is 26.1 Å². The van der Waals surface area contributed by atoms with E-state index >= 15 is 0 Å². The normalized spacial score (nSPS) is 27.7. The van der Waals surface area contributed by atoms with Crippen LogP contribution in [0, 0.1) is 35.5 Å². The maximum atomic E-state index is 12.0. The predicted octanol–water partition coefficient (Wildman–Crippen LogP) is 2.57. The van der Waals surface area contributed by atoms with Crippen LogP contribution in [0.3, 0.4) is 0 Å². The van der Waals surface area contributed by atoms with E-state index in [4.69, 9.17) is 9.47 Å². The first-order valence-corrected chi connectivity index (χ1v) is 13.8. The number of hydrogen-bond acceptors (Lipinski definition) is 6. The molecule has 0 heterocycles. The van der Waals surface area contributed by atoms with Crippen LogP contribution in [0.2, 0.25) is 0 Å². The molecular formula is C26H44N4O6. The highest BCUT2D eigenvalue weighted by Gasteiger charge is 2.56. The van der Waals surface area contributed by atoms with Crippen molar-refractivity contribution in [3.05, 3.63) is 0 Å². The van der Waals surface area contributed by atoms with Gasteiger partial charge in [-0.3, -0.25) is 9.59 Å². The van der Waals surface area contributed by atoms with E-state index in [1.54, 1.807) is 13.8 Å². The third-order valence-corrected chi connectivity index (χ3v) is 8.24. The van der Waals surface area contributed by atoms with Gasteiger partial charge < -0.3 is 30.7 Å². The first kappa shape index (κ1) is 28.1. The van der Waals surface area contributed by atoms with Crippen LogP contribution in [0.4, 0.5) is 9.59 Å². The third kappa shape index (κ3) is 8.00. The second kappa shape index (κ2) is 14.3. The van der Waals surface area contributed by atoms with Crippen LogP contribution in [0.15, 0.2) is 0 Å². The summed E-state index contributed by atoms with van der Waals surface area (Å²) in [5.74, 6) is 3.79. The molecule has 4 amide bonds. The molecule has 0 radical (unpaired) electrons. The van der Waals surface area contributed by atoms with Crippen LogP contribution in [-0.4, -0.2) is 63.4 Å². The van der Waals surface area contributed by atoms with Crippen molar-refractivity contribution in [3.8, 4) is 0 Å². The zero-order valence-corrected chi connectivity index (χ0v) is 21.8. The van der Waals surface area contributed by atoms with Crippen molar-refractivity contribution in [2.75, 3.05) is 39.4 Å². The van der Waals surface area contributed by atoms with Crippen LogP contribution in [0.25, 0.3) is 0 Å². The average Bonchev–Trinajstić information content (AvgIpc) is 3.53. The molecule has 0 aromatic carbocycles. The van der Waals surface area contributed by atoms with E-state index in [0.29, 0.717) is 38.1 Å². The summed E-state index contributed by atoms with van der Waals surface area (Å²) < 4.78 is 9.72. The lowest BCUT2D eigenvalue weighted by Crippen LogP contribution is -2.39. The van der Waals surface area contributed by atoms with Gasteiger partial charge in [0, 0.05) is 26.2 Å². The van der Waals surface area contributed by atoms with E-state index in [9.17, 15) is 19.2 Å². The minimum atomic E-state index is -0.301. The molecular weight excluding hydrogens is 464 g/mol. The van der Waals surface area contributed by atoms with E-state index in [2.05, 4.69) is 21.3 Å². The van der Waals surface area contributed by atoms with Gasteiger partial charge >= 0.3 is 24.0 Å². The van der Waals surface area contributed by atoms with Gasteiger partial charge in [-0.1, -0.05) is 0 Å². The largest absolute Gasteiger partial charge is 0.466 e. The lowest BCUT2D eigenvalue weighted by molar-refractivity contribution is -0.143. The van der Waals surface area contributed by atoms with Gasteiger partial charge in [-0.05, 0) is 87.9 Å². The molecule has 3 saturated carbocycles. The molecule has 3 rings (SSSR count). The highest BCUT2D eigenvalue weighted by Crippen LogP contribution is 2.63. The summed E-state index contributed by atoms with van der Waals surface area (Å²) in [5, 5.41) is 11.3. The molecule has 0 aliphatic heterocycles. The van der Waals surface area contributed by atoms with Crippen molar-refractivity contribution in [2.45, 2.75) is 65.2 Å². The lowest BCUT2D eigenvalue weighted by Gasteiger charge is -2.35. The van der Waals surface area contributed by atoms with Gasteiger partial charge in [0.1, 0.15) is 0 Å². The average molecular weight is 509 g/mol. The number of fused-ring (bicyclic) bond motifs is 5. The molecule has 0 aromatic rings. The van der Waals surface area contributed by atoms with Crippen LogP contribution >= 0.6 is 0 Å². The minimum absolute atomic E-state index is 0.183. The Morgan fingerprint density at radius 2 is 1.19 bits per heavy atom. The van der Waals surface area contributed by atoms with Crippen LogP contribution < -0.4 is 21.3 Å². The van der Waals surface area contributed by atoms with Gasteiger partial charge in [0.25, 0.3) is 0 Å². The lowest BCUT2D eigenvalue weighted by atomic mass is 9.71. The van der Waals surface area contributed by atoms with Crippen molar-refractivity contribution in [2.24, 2.45) is 35.5 Å². The fourth-order valence-electron chi connectivity index (χ4n) is 6.94. The zero-order valence-electron chi connectivity index (χ0n) is 21.8. The summed E-state index contributed by atoms with van der Waals surface area (Å²) in [6.45, 7) is 6.08. The molecule has 6 atom stereocenters. The molecule has 6 unspecified atom stereocenters. The Balaban J connectivity index is 1.31. The number of rotatable bonds is 14. The molecule has 204 valence electrons. The van der Waals surface area contributed by atoms with E-state index in [-0.39, 0.29) is 49.9 Å². The molecule has 0 aromatic heterocycles. The Morgan fingerprint density at radius 3 is 1.75 bits per heavy atom. The zero-order chi connectivity index (χ0) is 25.9. The molecule has 3 fully saturated rings. The van der Waals surface area contributed by atoms with Gasteiger partial charge in [-0.25, -0.2) is 9.59 Å². The summed E-state index contributed by atoms with van der Waals surface area (Å²) in [6.07, 6.45) is 7.46. The van der Waals surface area contributed by atoms with Gasteiger partial charge in [-0.2, -0.15) is 0 Å². The number of amides is 4. The van der Waals surface area contributed by atoms with Gasteiger partial charge in [-0.15, -0.1) is 0 Å². The molecule has 0 saturated heterocycles. The molecule has 3 aliphatic rings. The molecule has 10 heteroatoms. The Morgan fingerprint density at radius 1 is 0.667 bits per heavy atom. The molecule has 2 bridgehead atoms. The fraction of sp³-hybridized carbons (Fsp3) is 0.846. The highest BCUT2D eigenvalue weighted by molar-refractivity contribution is 5.76. The number of urea groups is 2. The van der Waals surface area contributed by atoms with Gasteiger partial charge in [0.15, 0.2) is 0 Å². The number of carbonyl (C=O) groups is 4. The summed E-state index contributed by atoms with van der Waals surface area (Å²) in [6, 6.07) is -0.461. The highest BCUT2D eigenvalue weighted by atomic mass is 16.5. The molecule has 0 spiro atoms. The number of ether oxygens (including phenoxy) is 2. The maximum Gasteiger partial charge on any atom is 0.314 e. The standard InChI is InChI=1S/C26H44N4O6/c1-3-35-22(31)9-13-29-25(33)27-11-7-17-5-6-20-19-15-18(21(16-19)24(17)20)8-12-28-26(34)30-14-10-23(32)36-4-2/h17-21,24H,3-16H2,1-2H3,(H2,27,29,33)(H2,28,30,34). The molecule has 36 heavy (non-hydrogen) atoms. The SMILES string of the molecule is CCOC(=O)CCNC(=O)NCCC1CC2CC1C1C(CCNC(=O)NCCC(=O)OCC)CCC21. The van der Waals surface area contributed by atoms with Crippen LogP contribution in [-0.2, 0) is 19.1 Å². The second-order valence-electron chi connectivity index (χ2n) is 10.3. The topological polar surface area (TPSA) is 135 Å². The predicted molar refractivity (Wildman–Crippen MR) is 134 cm³/mol. The Kier molecular flexibility index (Phi) is 11.1. The fourth-order valence-corrected chi connectivity index (χ4v) is 6.94. The molecule has 4 N–H and O–H groups in total. The maximum absolute atomic E-state index is 12.0. The van der Waals surface area contributed by atoms with E-state index < -0.39 is 0 Å². The number of nitrogens with one attached hydrogen (secondary N) is 4. The third-order valence-electron chi connectivity index (χ3n) is 8.24. The Bertz CT molecular complexity index is 763. The van der Waals surface area contributed by atoms with E-state index in [0.717, 1.165) is 36.5 Å². The summed E-state index contributed by atoms with van der Waals surface area (Å²) in [7, 11) is 0. The smallest absolute Gasteiger partial charge is 0.314 e. The Labute approximate surface area is 214 Å². The quantitative estimate of drug-likeness (QED) is 0.266. The van der Waals surface area contributed by atoms with E-state index in [1.165, 1.54) is 25.7 Å². The first-order valence-electron chi connectivity index (χ1n) is 13.8. The van der Waals surface area contributed by atoms with Crippen molar-refractivity contribution in [1.29, 1.82) is 0 Å². The molecule has 3 aliphatic carbocycles. The first-order chi connectivity index (χ1) is 17.4. The van der Waals surface area contributed by atoms with Gasteiger partial charge in [0.2, 0.25) is 0 Å². The second-order valence-corrected chi connectivity index (χ2v) is 10.3. The monoisotopic (exact) mass is 508 g/mol. The number of esters is 2. The summed E-state index contributed by atoms with van der Waals surface area (Å²) >= 11 is 0. The molecule has 10 nitrogen and oxygen atoms in total. The van der Waals surface area contributed by atoms with Crippen LogP contribution in [0.5, 0.6) is 0 Å². The van der Waals surface area contributed by atoms with Crippen molar-refractivity contribution >= 4 is 24.0 Å². The number of carbonyl (C=O) groups excluding carboxylic acids is 4. The van der Waals surface area contributed by atoms with Crippen molar-refractivity contribution < 1.29 is 28.7 Å². The summed E-state index contributed by atoms with van der Waals surface area (Å²) in [5.41, 5.74) is 0. The summed E-state index contributed by atoms with van der Waals surface area (Å²) in [4.78, 5) is 46.8. The van der Waals surface area contributed by atoms with E-state index in [1.807, 2.05) is 0 Å².